The monoisotopic (exact) mass is 535 g/mol. The number of anilines is 1. The molecule has 10 nitrogen and oxygen atoms in total. The van der Waals surface area contributed by atoms with E-state index in [9.17, 15) is 20.0 Å². The number of ether oxygens (including phenoxy) is 1. The summed E-state index contributed by atoms with van der Waals surface area (Å²) in [6.07, 6.45) is 0. The van der Waals surface area contributed by atoms with Gasteiger partial charge in [0.2, 0.25) is 5.91 Å². The Bertz CT molecular complexity index is 1560. The van der Waals surface area contributed by atoms with E-state index in [4.69, 9.17) is 16.3 Å². The molecule has 5 rings (SSSR count). The SMILES string of the molecule is COc1ccc2cc(C3SCC(=O)N3c3cc(O)ccc3N=Nc3ccc([N+](=O)[O-])cc3)c(Cl)nc2c1. The average molecular weight is 536 g/mol. The number of nitro groups is 1. The normalized spacial score (nSPS) is 15.6. The zero-order valence-corrected chi connectivity index (χ0v) is 20.8. The maximum absolute atomic E-state index is 13.1. The molecule has 12 heteroatoms. The van der Waals surface area contributed by atoms with Crippen LogP contribution in [0, 0.1) is 10.1 Å². The number of hydrogen-bond donors (Lipinski definition) is 1. The summed E-state index contributed by atoms with van der Waals surface area (Å²) in [6.45, 7) is 0. The number of non-ortho nitro benzene ring substituents is 1. The average Bonchev–Trinajstić information content (AvgIpc) is 3.28. The minimum absolute atomic E-state index is 0.0532. The van der Waals surface area contributed by atoms with Crippen LogP contribution in [0.4, 0.5) is 22.7 Å². The van der Waals surface area contributed by atoms with E-state index in [1.807, 2.05) is 18.2 Å². The van der Waals surface area contributed by atoms with Gasteiger partial charge < -0.3 is 9.84 Å². The molecule has 1 unspecified atom stereocenters. The fourth-order valence-electron chi connectivity index (χ4n) is 3.90. The Morgan fingerprint density at radius 3 is 2.65 bits per heavy atom. The first-order valence-electron chi connectivity index (χ1n) is 10.9. The van der Waals surface area contributed by atoms with Crippen molar-refractivity contribution in [3.63, 3.8) is 0 Å². The van der Waals surface area contributed by atoms with Crippen LogP contribution in [0.15, 0.2) is 77.0 Å². The van der Waals surface area contributed by atoms with Crippen molar-refractivity contribution in [2.24, 2.45) is 10.2 Å². The summed E-state index contributed by atoms with van der Waals surface area (Å²) in [7, 11) is 1.57. The summed E-state index contributed by atoms with van der Waals surface area (Å²) in [4.78, 5) is 29.5. The predicted octanol–water partition coefficient (Wildman–Crippen LogP) is 6.70. The lowest BCUT2D eigenvalue weighted by Crippen LogP contribution is -2.28. The Morgan fingerprint density at radius 1 is 1.14 bits per heavy atom. The van der Waals surface area contributed by atoms with Crippen molar-refractivity contribution >= 4 is 62.9 Å². The molecular formula is C25H18ClN5O5S. The second-order valence-electron chi connectivity index (χ2n) is 8.00. The minimum Gasteiger partial charge on any atom is -0.508 e. The number of fused-ring (bicyclic) bond motifs is 1. The van der Waals surface area contributed by atoms with Crippen LogP contribution in [-0.2, 0) is 4.79 Å². The number of methoxy groups -OCH3 is 1. The Hall–Kier alpha value is -4.22. The number of nitrogens with zero attached hydrogens (tertiary/aromatic N) is 5. The Labute approximate surface area is 219 Å². The lowest BCUT2D eigenvalue weighted by Gasteiger charge is -2.26. The lowest BCUT2D eigenvalue weighted by atomic mass is 10.1. The van der Waals surface area contributed by atoms with Crippen molar-refractivity contribution in [2.75, 3.05) is 17.8 Å². The molecule has 37 heavy (non-hydrogen) atoms. The molecule has 3 aromatic carbocycles. The molecule has 1 aliphatic heterocycles. The molecule has 1 aliphatic rings. The zero-order valence-electron chi connectivity index (χ0n) is 19.2. The number of halogens is 1. The van der Waals surface area contributed by atoms with Crippen molar-refractivity contribution in [1.29, 1.82) is 0 Å². The summed E-state index contributed by atoms with van der Waals surface area (Å²) in [5, 5.41) is 30.1. The predicted molar refractivity (Wildman–Crippen MR) is 141 cm³/mol. The van der Waals surface area contributed by atoms with Crippen LogP contribution in [0.3, 0.4) is 0 Å². The third-order valence-corrected chi connectivity index (χ3v) is 7.19. The molecule has 0 aliphatic carbocycles. The first-order chi connectivity index (χ1) is 17.8. The highest BCUT2D eigenvalue weighted by Gasteiger charge is 2.37. The number of nitro benzene ring substituents is 1. The van der Waals surface area contributed by atoms with Gasteiger partial charge in [0.1, 0.15) is 27.7 Å². The van der Waals surface area contributed by atoms with Gasteiger partial charge in [-0.1, -0.05) is 11.6 Å². The molecule has 1 atom stereocenters. The van der Waals surface area contributed by atoms with Crippen LogP contribution in [-0.4, -0.2) is 33.8 Å². The van der Waals surface area contributed by atoms with Gasteiger partial charge in [-0.25, -0.2) is 4.98 Å². The third-order valence-electron chi connectivity index (χ3n) is 5.69. The molecule has 1 amide bonds. The molecule has 0 spiro atoms. The van der Waals surface area contributed by atoms with Crippen LogP contribution in [0.2, 0.25) is 5.15 Å². The molecular weight excluding hydrogens is 518 g/mol. The van der Waals surface area contributed by atoms with Crippen LogP contribution < -0.4 is 9.64 Å². The fraction of sp³-hybridized carbons (Fsp3) is 0.120. The largest absolute Gasteiger partial charge is 0.508 e. The number of phenols is 1. The van der Waals surface area contributed by atoms with Gasteiger partial charge in [-0.05, 0) is 42.5 Å². The summed E-state index contributed by atoms with van der Waals surface area (Å²) >= 11 is 7.96. The number of hydrogen-bond acceptors (Lipinski definition) is 9. The smallest absolute Gasteiger partial charge is 0.269 e. The van der Waals surface area contributed by atoms with Gasteiger partial charge in [0.25, 0.3) is 5.69 Å². The van der Waals surface area contributed by atoms with Gasteiger partial charge >= 0.3 is 0 Å². The first kappa shape index (κ1) is 24.5. The van der Waals surface area contributed by atoms with Crippen molar-refractivity contribution in [3.05, 3.63) is 87.6 Å². The van der Waals surface area contributed by atoms with E-state index in [0.717, 1.165) is 5.39 Å². The zero-order chi connectivity index (χ0) is 26.1. The van der Waals surface area contributed by atoms with Crippen molar-refractivity contribution in [2.45, 2.75) is 5.37 Å². The number of aromatic hydroxyl groups is 1. The first-order valence-corrected chi connectivity index (χ1v) is 12.3. The van der Waals surface area contributed by atoms with E-state index in [2.05, 4.69) is 15.2 Å². The molecule has 186 valence electrons. The van der Waals surface area contributed by atoms with E-state index < -0.39 is 10.3 Å². The van der Waals surface area contributed by atoms with Gasteiger partial charge in [-0.15, -0.1) is 16.9 Å². The van der Waals surface area contributed by atoms with E-state index in [-0.39, 0.29) is 28.3 Å². The van der Waals surface area contributed by atoms with Crippen LogP contribution in [0.25, 0.3) is 10.9 Å². The number of phenolic OH excluding ortho intramolecular Hbond substituents is 1. The number of rotatable bonds is 6. The maximum Gasteiger partial charge on any atom is 0.269 e. The summed E-state index contributed by atoms with van der Waals surface area (Å²) in [5.74, 6) is 0.593. The highest BCUT2D eigenvalue weighted by molar-refractivity contribution is 8.00. The van der Waals surface area contributed by atoms with Gasteiger partial charge in [-0.3, -0.25) is 19.8 Å². The number of carbonyl (C=O) groups excluding carboxylic acids is 1. The standard InChI is InChI=1S/C25H18ClN5O5S/c1-36-18-8-2-14-10-19(24(26)27-21(14)12-18)25-30(23(33)13-37-25)22-11-17(32)7-9-20(22)29-28-15-3-5-16(6-4-15)31(34)35/h2-12,25,32H,13H2,1H3. The van der Waals surface area contributed by atoms with E-state index in [1.54, 1.807) is 19.2 Å². The number of carbonyl (C=O) groups is 1. The summed E-state index contributed by atoms with van der Waals surface area (Å²) in [6, 6.07) is 17.4. The number of azo groups is 1. The number of aromatic nitrogens is 1. The van der Waals surface area contributed by atoms with Crippen molar-refractivity contribution in [1.82, 2.24) is 4.98 Å². The highest BCUT2D eigenvalue weighted by atomic mass is 35.5. The lowest BCUT2D eigenvalue weighted by molar-refractivity contribution is -0.384. The number of amides is 1. The molecule has 4 aromatic rings. The summed E-state index contributed by atoms with van der Waals surface area (Å²) in [5.41, 5.74) is 2.29. The highest BCUT2D eigenvalue weighted by Crippen LogP contribution is 2.48. The van der Waals surface area contributed by atoms with Crippen molar-refractivity contribution < 1.29 is 19.6 Å². The number of benzene rings is 3. The van der Waals surface area contributed by atoms with Gasteiger partial charge in [0, 0.05) is 35.2 Å². The molecule has 1 N–H and O–H groups in total. The number of thioether (sulfide) groups is 1. The molecule has 1 fully saturated rings. The fourth-order valence-corrected chi connectivity index (χ4v) is 5.39. The second-order valence-corrected chi connectivity index (χ2v) is 9.43. The third kappa shape index (κ3) is 4.91. The van der Waals surface area contributed by atoms with E-state index in [0.29, 0.717) is 33.9 Å². The summed E-state index contributed by atoms with van der Waals surface area (Å²) < 4.78 is 5.26. The topological polar surface area (TPSA) is 131 Å². The molecule has 2 heterocycles. The van der Waals surface area contributed by atoms with Gasteiger partial charge in [0.15, 0.2) is 0 Å². The maximum atomic E-state index is 13.1. The van der Waals surface area contributed by atoms with Crippen LogP contribution in [0.1, 0.15) is 10.9 Å². The Balaban J connectivity index is 1.53. The van der Waals surface area contributed by atoms with Crippen LogP contribution in [0.5, 0.6) is 11.5 Å². The quantitative estimate of drug-likeness (QED) is 0.126. The Morgan fingerprint density at radius 2 is 1.92 bits per heavy atom. The minimum atomic E-state index is -0.519. The number of pyridine rings is 1. The van der Waals surface area contributed by atoms with E-state index in [1.165, 1.54) is 53.1 Å². The van der Waals surface area contributed by atoms with Crippen molar-refractivity contribution in [3.8, 4) is 11.5 Å². The van der Waals surface area contributed by atoms with Gasteiger partial charge in [0.05, 0.1) is 34.7 Å². The molecule has 0 saturated carbocycles. The molecule has 0 radical (unpaired) electrons. The van der Waals surface area contributed by atoms with Gasteiger partial charge in [-0.2, -0.15) is 5.11 Å². The molecule has 0 bridgehead atoms. The second kappa shape index (κ2) is 10.0. The van der Waals surface area contributed by atoms with E-state index >= 15 is 0 Å². The molecule has 1 aromatic heterocycles. The van der Waals surface area contributed by atoms with Crippen LogP contribution >= 0.6 is 23.4 Å². The Kier molecular flexibility index (Phi) is 6.64. The molecule has 1 saturated heterocycles.